The lowest BCUT2D eigenvalue weighted by Gasteiger charge is -2.31. The summed E-state index contributed by atoms with van der Waals surface area (Å²) >= 11 is 0. The Morgan fingerprint density at radius 3 is 2.45 bits per heavy atom. The molecule has 0 bridgehead atoms. The third kappa shape index (κ3) is 7.70. The minimum atomic E-state index is 0. The van der Waals surface area contributed by atoms with Crippen molar-refractivity contribution in [1.82, 2.24) is 25.3 Å². The van der Waals surface area contributed by atoms with Gasteiger partial charge < -0.3 is 10.6 Å². The van der Waals surface area contributed by atoms with E-state index in [4.69, 9.17) is 0 Å². The van der Waals surface area contributed by atoms with Gasteiger partial charge in [-0.25, -0.2) is 0 Å². The number of hydrogen-bond acceptors (Lipinski definition) is 3. The van der Waals surface area contributed by atoms with Gasteiger partial charge in [-0.15, -0.1) is 24.0 Å². The predicted molar refractivity (Wildman–Crippen MR) is 149 cm³/mol. The Balaban J connectivity index is 0.00000385. The van der Waals surface area contributed by atoms with Crippen molar-refractivity contribution in [1.29, 1.82) is 0 Å². The van der Waals surface area contributed by atoms with Crippen molar-refractivity contribution in [2.75, 3.05) is 14.1 Å². The number of aliphatic imine (C=N–C) groups is 1. The van der Waals surface area contributed by atoms with Crippen LogP contribution in [0.2, 0.25) is 0 Å². The highest BCUT2D eigenvalue weighted by atomic mass is 127. The average molecular weight is 567 g/mol. The molecule has 0 amide bonds. The van der Waals surface area contributed by atoms with Crippen LogP contribution in [0, 0.1) is 13.8 Å². The van der Waals surface area contributed by atoms with Crippen molar-refractivity contribution in [3.8, 4) is 0 Å². The summed E-state index contributed by atoms with van der Waals surface area (Å²) in [6.07, 6.45) is 7.74. The normalized spacial score (nSPS) is 15.9. The van der Waals surface area contributed by atoms with Crippen LogP contribution in [0.1, 0.15) is 67.1 Å². The summed E-state index contributed by atoms with van der Waals surface area (Å²) < 4.78 is 1.96. The van der Waals surface area contributed by atoms with Crippen LogP contribution in [0.25, 0.3) is 0 Å². The van der Waals surface area contributed by atoms with Gasteiger partial charge in [0.2, 0.25) is 0 Å². The number of hydrogen-bond donors (Lipinski definition) is 2. The number of guanidine groups is 1. The van der Waals surface area contributed by atoms with Crippen molar-refractivity contribution in [2.45, 2.75) is 84.5 Å². The van der Waals surface area contributed by atoms with Crippen molar-refractivity contribution < 1.29 is 0 Å². The zero-order valence-corrected chi connectivity index (χ0v) is 23.6. The SMILES string of the molecule is CN=C(NCc1ccccc1CN(C)C1CCCCC1)NC(C)Cc1c(C)nn(C)c1C.I. The van der Waals surface area contributed by atoms with Gasteiger partial charge in [0.15, 0.2) is 5.96 Å². The fourth-order valence-corrected chi connectivity index (χ4v) is 4.88. The third-order valence-corrected chi connectivity index (χ3v) is 6.96. The summed E-state index contributed by atoms with van der Waals surface area (Å²) in [5.41, 5.74) is 6.40. The van der Waals surface area contributed by atoms with E-state index in [-0.39, 0.29) is 30.0 Å². The van der Waals surface area contributed by atoms with Gasteiger partial charge in [-0.05, 0) is 63.8 Å². The lowest BCUT2D eigenvalue weighted by Crippen LogP contribution is -2.43. The zero-order valence-electron chi connectivity index (χ0n) is 21.3. The molecule has 0 radical (unpaired) electrons. The summed E-state index contributed by atoms with van der Waals surface area (Å²) in [4.78, 5) is 7.01. The van der Waals surface area contributed by atoms with Crippen LogP contribution < -0.4 is 10.6 Å². The van der Waals surface area contributed by atoms with Crippen LogP contribution in [0.3, 0.4) is 0 Å². The molecule has 33 heavy (non-hydrogen) atoms. The Kier molecular flexibility index (Phi) is 11.2. The van der Waals surface area contributed by atoms with Crippen LogP contribution >= 0.6 is 24.0 Å². The van der Waals surface area contributed by atoms with Gasteiger partial charge in [-0.3, -0.25) is 14.6 Å². The fourth-order valence-electron chi connectivity index (χ4n) is 4.88. The van der Waals surface area contributed by atoms with Crippen LogP contribution in [0.4, 0.5) is 0 Å². The molecule has 1 aliphatic carbocycles. The summed E-state index contributed by atoms with van der Waals surface area (Å²) in [5.74, 6) is 0.840. The summed E-state index contributed by atoms with van der Waals surface area (Å²) in [6.45, 7) is 8.20. The first-order valence-electron chi connectivity index (χ1n) is 12.1. The second kappa shape index (κ2) is 13.3. The molecule has 6 nitrogen and oxygen atoms in total. The molecular weight excluding hydrogens is 523 g/mol. The van der Waals surface area contributed by atoms with Crippen LogP contribution in [-0.4, -0.2) is 46.8 Å². The molecule has 2 N–H and O–H groups in total. The van der Waals surface area contributed by atoms with E-state index in [1.807, 2.05) is 18.8 Å². The molecule has 1 saturated carbocycles. The Morgan fingerprint density at radius 2 is 1.85 bits per heavy atom. The highest BCUT2D eigenvalue weighted by Gasteiger charge is 2.19. The van der Waals surface area contributed by atoms with E-state index in [1.165, 1.54) is 54.5 Å². The third-order valence-electron chi connectivity index (χ3n) is 6.96. The van der Waals surface area contributed by atoms with E-state index in [9.17, 15) is 0 Å². The Morgan fingerprint density at radius 1 is 1.18 bits per heavy atom. The first-order chi connectivity index (χ1) is 15.4. The molecule has 1 fully saturated rings. The quantitative estimate of drug-likeness (QED) is 0.276. The minimum absolute atomic E-state index is 0. The Labute approximate surface area is 217 Å². The largest absolute Gasteiger partial charge is 0.354 e. The molecule has 1 aromatic heterocycles. The number of nitrogens with one attached hydrogen (secondary N) is 2. The number of benzene rings is 1. The van der Waals surface area contributed by atoms with Gasteiger partial charge in [0, 0.05) is 45.0 Å². The van der Waals surface area contributed by atoms with E-state index < -0.39 is 0 Å². The molecule has 7 heteroatoms. The highest BCUT2D eigenvalue weighted by Crippen LogP contribution is 2.23. The van der Waals surface area contributed by atoms with E-state index >= 15 is 0 Å². The van der Waals surface area contributed by atoms with E-state index in [0.717, 1.165) is 37.2 Å². The molecule has 1 unspecified atom stereocenters. The Bertz CT molecular complexity index is 900. The molecule has 1 aromatic carbocycles. The van der Waals surface area contributed by atoms with Gasteiger partial charge in [-0.1, -0.05) is 43.5 Å². The summed E-state index contributed by atoms with van der Waals surface area (Å²) in [7, 11) is 6.13. The summed E-state index contributed by atoms with van der Waals surface area (Å²) in [6, 6.07) is 9.77. The van der Waals surface area contributed by atoms with Crippen molar-refractivity contribution in [2.24, 2.45) is 12.0 Å². The molecule has 1 aliphatic rings. The molecule has 3 rings (SSSR count). The smallest absolute Gasteiger partial charge is 0.191 e. The van der Waals surface area contributed by atoms with Gasteiger partial charge in [-0.2, -0.15) is 5.10 Å². The number of nitrogens with zero attached hydrogens (tertiary/aromatic N) is 4. The van der Waals surface area contributed by atoms with Crippen molar-refractivity contribution in [3.05, 3.63) is 52.3 Å². The molecule has 0 spiro atoms. The highest BCUT2D eigenvalue weighted by molar-refractivity contribution is 14.0. The minimum Gasteiger partial charge on any atom is -0.354 e. The van der Waals surface area contributed by atoms with E-state index in [1.54, 1.807) is 0 Å². The molecule has 184 valence electrons. The summed E-state index contributed by atoms with van der Waals surface area (Å²) in [5, 5.41) is 11.6. The molecule has 0 saturated heterocycles. The monoisotopic (exact) mass is 566 g/mol. The van der Waals surface area contributed by atoms with Crippen molar-refractivity contribution in [3.63, 3.8) is 0 Å². The maximum atomic E-state index is 4.54. The van der Waals surface area contributed by atoms with Gasteiger partial charge in [0.1, 0.15) is 0 Å². The van der Waals surface area contributed by atoms with Gasteiger partial charge >= 0.3 is 0 Å². The predicted octanol–water partition coefficient (Wildman–Crippen LogP) is 4.72. The fraction of sp³-hybridized carbons (Fsp3) is 0.615. The average Bonchev–Trinajstić information content (AvgIpc) is 3.03. The lowest BCUT2D eigenvalue weighted by atomic mass is 9.94. The first-order valence-corrected chi connectivity index (χ1v) is 12.1. The van der Waals surface area contributed by atoms with E-state index in [0.29, 0.717) is 0 Å². The first kappa shape index (κ1) is 27.6. The topological polar surface area (TPSA) is 57.5 Å². The molecule has 1 heterocycles. The number of aryl methyl sites for hydroxylation is 2. The van der Waals surface area contributed by atoms with Gasteiger partial charge in [0.25, 0.3) is 0 Å². The molecular formula is C26H43IN6. The second-order valence-corrected chi connectivity index (χ2v) is 9.42. The molecule has 2 aromatic rings. The second-order valence-electron chi connectivity index (χ2n) is 9.42. The number of halogens is 1. The number of rotatable bonds is 8. The standard InChI is InChI=1S/C26H42N6.HI/c1-19(16-25-20(2)30-32(6)21(25)3)29-26(27-4)28-17-22-12-10-11-13-23(22)18-31(5)24-14-8-7-9-15-24;/h10-13,19,24H,7-9,14-18H2,1-6H3,(H2,27,28,29);1H. The number of aromatic nitrogens is 2. The van der Waals surface area contributed by atoms with Crippen LogP contribution in [-0.2, 0) is 26.6 Å². The van der Waals surface area contributed by atoms with Crippen LogP contribution in [0.15, 0.2) is 29.3 Å². The van der Waals surface area contributed by atoms with Crippen molar-refractivity contribution >= 4 is 29.9 Å². The van der Waals surface area contributed by atoms with Crippen LogP contribution in [0.5, 0.6) is 0 Å². The maximum absolute atomic E-state index is 4.54. The Hall–Kier alpha value is -1.61. The molecule has 0 aliphatic heterocycles. The van der Waals surface area contributed by atoms with Gasteiger partial charge in [0.05, 0.1) is 5.69 Å². The molecule has 1 atom stereocenters. The maximum Gasteiger partial charge on any atom is 0.191 e. The zero-order chi connectivity index (χ0) is 23.1. The van der Waals surface area contributed by atoms with E-state index in [2.05, 4.69) is 77.7 Å². The lowest BCUT2D eigenvalue weighted by molar-refractivity contribution is 0.184.